The van der Waals surface area contributed by atoms with Gasteiger partial charge in [0.1, 0.15) is 11.5 Å². The number of halogens is 1. The minimum atomic E-state index is -0.837. The first-order valence-electron chi connectivity index (χ1n) is 10.8. The smallest absolute Gasteiger partial charge is 0.313 e. The molecular weight excluding hydrogens is 474 g/mol. The molecule has 182 valence electrons. The predicted octanol–water partition coefficient (Wildman–Crippen LogP) is 7.00. The molecule has 2 aromatic rings. The molecule has 0 aromatic heterocycles. The Bertz CT molecular complexity index is 1070. The van der Waals surface area contributed by atoms with E-state index >= 15 is 0 Å². The Morgan fingerprint density at radius 3 is 2.71 bits per heavy atom. The molecule has 0 bridgehead atoms. The minimum Gasteiger partial charge on any atom is -0.493 e. The zero-order chi connectivity index (χ0) is 25.1. The number of ether oxygens (including phenoxy) is 2. The molecule has 2 aromatic carbocycles. The van der Waals surface area contributed by atoms with E-state index in [9.17, 15) is 4.79 Å². The van der Waals surface area contributed by atoms with E-state index < -0.39 is 5.97 Å². The highest BCUT2D eigenvalue weighted by Crippen LogP contribution is 2.33. The van der Waals surface area contributed by atoms with Crippen molar-refractivity contribution in [2.75, 3.05) is 12.4 Å². The van der Waals surface area contributed by atoms with Crippen molar-refractivity contribution in [1.82, 2.24) is 0 Å². The largest absolute Gasteiger partial charge is 0.493 e. The van der Waals surface area contributed by atoms with E-state index in [1.54, 1.807) is 12.1 Å². The molecule has 0 fully saturated rings. The lowest BCUT2D eigenvalue weighted by atomic mass is 10.0. The maximum absolute atomic E-state index is 10.8. The van der Waals surface area contributed by atoms with Crippen molar-refractivity contribution >= 4 is 41.6 Å². The monoisotopic (exact) mass is 503 g/mol. The standard InChI is InChI=1S/C26H30ClNO5S/c1-6-7-23(33-28-5)19(4)22-15-20(27)8-10-24(22)32-18(3)12-13-31-21-9-11-25(17(2)14-21)34-16-26(29)30/h6-11,14-15,18H,5,12-13,16H2,1-4H3,(H,29,30)/b7-6-,23-19-. The third kappa shape index (κ3) is 8.47. The van der Waals surface area contributed by atoms with E-state index in [0.29, 0.717) is 29.6 Å². The van der Waals surface area contributed by atoms with Crippen molar-refractivity contribution in [3.63, 3.8) is 0 Å². The van der Waals surface area contributed by atoms with Crippen LogP contribution in [0, 0.1) is 6.92 Å². The summed E-state index contributed by atoms with van der Waals surface area (Å²) in [7, 11) is 0. The molecular formula is C26H30ClNO5S. The van der Waals surface area contributed by atoms with Crippen LogP contribution in [-0.2, 0) is 9.63 Å². The SMILES string of the molecule is C=NOC(/C=C\C)=C(/C)c1cc(Cl)ccc1OC(C)CCOc1ccc(SCC(=O)O)c(C)c1. The van der Waals surface area contributed by atoms with Gasteiger partial charge in [-0.15, -0.1) is 11.8 Å². The molecule has 0 spiro atoms. The van der Waals surface area contributed by atoms with Gasteiger partial charge in [-0.3, -0.25) is 4.79 Å². The summed E-state index contributed by atoms with van der Waals surface area (Å²) in [4.78, 5) is 17.0. The van der Waals surface area contributed by atoms with E-state index in [0.717, 1.165) is 27.3 Å². The summed E-state index contributed by atoms with van der Waals surface area (Å²) in [6.07, 6.45) is 4.20. The van der Waals surface area contributed by atoms with Gasteiger partial charge in [-0.05, 0) is 75.7 Å². The number of aliphatic carboxylic acids is 1. The number of hydrogen-bond donors (Lipinski definition) is 1. The van der Waals surface area contributed by atoms with Gasteiger partial charge in [-0.25, -0.2) is 0 Å². The molecule has 1 N–H and O–H groups in total. The van der Waals surface area contributed by atoms with Gasteiger partial charge in [-0.2, -0.15) is 0 Å². The number of aryl methyl sites for hydroxylation is 1. The normalized spacial score (nSPS) is 12.7. The molecule has 0 aliphatic rings. The summed E-state index contributed by atoms with van der Waals surface area (Å²) in [6, 6.07) is 11.1. The average molecular weight is 504 g/mol. The van der Waals surface area contributed by atoms with Crippen molar-refractivity contribution < 1.29 is 24.2 Å². The second kappa shape index (κ2) is 13.7. The van der Waals surface area contributed by atoms with Crippen molar-refractivity contribution in [2.45, 2.75) is 45.1 Å². The first-order valence-corrected chi connectivity index (χ1v) is 12.1. The highest BCUT2D eigenvalue weighted by atomic mass is 35.5. The van der Waals surface area contributed by atoms with Crippen LogP contribution in [0.5, 0.6) is 11.5 Å². The van der Waals surface area contributed by atoms with Crippen molar-refractivity contribution in [3.8, 4) is 11.5 Å². The van der Waals surface area contributed by atoms with Gasteiger partial charge in [0.15, 0.2) is 5.76 Å². The van der Waals surface area contributed by atoms with Gasteiger partial charge in [0, 0.05) is 34.2 Å². The van der Waals surface area contributed by atoms with Gasteiger partial charge in [0.2, 0.25) is 0 Å². The Morgan fingerprint density at radius 1 is 1.29 bits per heavy atom. The van der Waals surface area contributed by atoms with E-state index in [1.807, 2.05) is 64.1 Å². The Morgan fingerprint density at radius 2 is 2.06 bits per heavy atom. The van der Waals surface area contributed by atoms with Crippen LogP contribution >= 0.6 is 23.4 Å². The molecule has 0 aliphatic carbocycles. The van der Waals surface area contributed by atoms with Crippen LogP contribution in [0.3, 0.4) is 0 Å². The summed E-state index contributed by atoms with van der Waals surface area (Å²) in [5, 5.41) is 13.0. The lowest BCUT2D eigenvalue weighted by molar-refractivity contribution is -0.133. The Kier molecular flexibility index (Phi) is 11.0. The Hall–Kier alpha value is -2.90. The topological polar surface area (TPSA) is 77.3 Å². The third-order valence-electron chi connectivity index (χ3n) is 4.81. The fourth-order valence-electron chi connectivity index (χ4n) is 3.11. The van der Waals surface area contributed by atoms with Gasteiger partial charge >= 0.3 is 5.97 Å². The van der Waals surface area contributed by atoms with Gasteiger partial charge in [-0.1, -0.05) is 22.8 Å². The summed E-state index contributed by atoms with van der Waals surface area (Å²) in [6.45, 7) is 11.6. The molecule has 0 saturated heterocycles. The highest BCUT2D eigenvalue weighted by molar-refractivity contribution is 8.00. The molecule has 0 heterocycles. The molecule has 0 amide bonds. The van der Waals surface area contributed by atoms with Gasteiger partial charge < -0.3 is 19.4 Å². The number of oxime groups is 1. The lowest BCUT2D eigenvalue weighted by Gasteiger charge is -2.19. The first kappa shape index (κ1) is 27.3. The second-order valence-corrected chi connectivity index (χ2v) is 8.98. The quantitative estimate of drug-likeness (QED) is 0.104. The van der Waals surface area contributed by atoms with Crippen molar-refractivity contribution in [2.24, 2.45) is 5.16 Å². The molecule has 2 rings (SSSR count). The number of carboxylic acid groups (broad SMARTS) is 1. The third-order valence-corrected chi connectivity index (χ3v) is 6.21. The number of hydrogen-bond acceptors (Lipinski definition) is 6. The first-order chi connectivity index (χ1) is 16.2. The molecule has 34 heavy (non-hydrogen) atoms. The van der Waals surface area contributed by atoms with Crippen LogP contribution in [0.2, 0.25) is 5.02 Å². The maximum Gasteiger partial charge on any atom is 0.313 e. The summed E-state index contributed by atoms with van der Waals surface area (Å²) < 4.78 is 12.1. The average Bonchev–Trinajstić information content (AvgIpc) is 2.79. The Labute approximate surface area is 210 Å². The fraction of sp³-hybridized carbons (Fsp3) is 0.308. The van der Waals surface area contributed by atoms with Crippen molar-refractivity contribution in [1.29, 1.82) is 0 Å². The lowest BCUT2D eigenvalue weighted by Crippen LogP contribution is -2.16. The van der Waals surface area contributed by atoms with E-state index in [1.165, 1.54) is 11.8 Å². The number of carbonyl (C=O) groups is 1. The van der Waals surface area contributed by atoms with Crippen LogP contribution in [0.4, 0.5) is 0 Å². The molecule has 8 heteroatoms. The molecule has 1 atom stereocenters. The van der Waals surface area contributed by atoms with Crippen LogP contribution in [0.25, 0.3) is 5.57 Å². The fourth-order valence-corrected chi connectivity index (χ4v) is 4.01. The molecule has 0 saturated carbocycles. The number of allylic oxidation sites excluding steroid dienone is 3. The maximum atomic E-state index is 10.8. The summed E-state index contributed by atoms with van der Waals surface area (Å²) in [5.41, 5.74) is 2.61. The minimum absolute atomic E-state index is 0.0314. The molecule has 0 aliphatic heterocycles. The number of thioether (sulfide) groups is 1. The van der Waals surface area contributed by atoms with Gasteiger partial charge in [0.05, 0.1) is 18.5 Å². The summed E-state index contributed by atoms with van der Waals surface area (Å²) >= 11 is 7.54. The number of rotatable bonds is 13. The number of benzene rings is 2. The second-order valence-electron chi connectivity index (χ2n) is 7.53. The van der Waals surface area contributed by atoms with Crippen LogP contribution in [0.15, 0.2) is 64.4 Å². The zero-order valence-corrected chi connectivity index (χ0v) is 21.4. The van der Waals surface area contributed by atoms with Crippen LogP contribution < -0.4 is 9.47 Å². The van der Waals surface area contributed by atoms with Crippen LogP contribution in [0.1, 0.15) is 38.3 Å². The van der Waals surface area contributed by atoms with E-state index in [2.05, 4.69) is 11.9 Å². The molecule has 0 radical (unpaired) electrons. The van der Waals surface area contributed by atoms with Gasteiger partial charge in [0.25, 0.3) is 0 Å². The van der Waals surface area contributed by atoms with E-state index in [4.69, 9.17) is 31.0 Å². The summed E-state index contributed by atoms with van der Waals surface area (Å²) in [5.74, 6) is 1.17. The zero-order valence-electron chi connectivity index (χ0n) is 19.8. The number of nitrogens with zero attached hydrogens (tertiary/aromatic N) is 1. The Balaban J connectivity index is 2.04. The van der Waals surface area contributed by atoms with Crippen LogP contribution in [-0.4, -0.2) is 36.3 Å². The predicted molar refractivity (Wildman–Crippen MR) is 139 cm³/mol. The van der Waals surface area contributed by atoms with Crippen molar-refractivity contribution in [3.05, 3.63) is 70.5 Å². The highest BCUT2D eigenvalue weighted by Gasteiger charge is 2.14. The molecule has 1 unspecified atom stereocenters. The molecule has 6 nitrogen and oxygen atoms in total. The van der Waals surface area contributed by atoms with E-state index in [-0.39, 0.29) is 11.9 Å². The number of carboxylic acids is 1.